The van der Waals surface area contributed by atoms with Gasteiger partial charge in [-0.15, -0.1) is 11.3 Å². The summed E-state index contributed by atoms with van der Waals surface area (Å²) in [4.78, 5) is 32.6. The largest absolute Gasteiger partial charge is 0.495 e. The maximum Gasteiger partial charge on any atom is 0.319 e. The third kappa shape index (κ3) is 5.36. The monoisotopic (exact) mass is 583 g/mol. The number of likely N-dealkylation sites (tertiary alicyclic amines) is 1. The highest BCUT2D eigenvalue weighted by Crippen LogP contribution is 2.42. The number of rotatable bonds is 8. The summed E-state index contributed by atoms with van der Waals surface area (Å²) in [7, 11) is 3.44. The van der Waals surface area contributed by atoms with Crippen molar-refractivity contribution in [3.8, 4) is 16.9 Å². The third-order valence-corrected chi connectivity index (χ3v) is 8.74. The quantitative estimate of drug-likeness (QED) is 0.191. The van der Waals surface area contributed by atoms with Gasteiger partial charge in [-0.25, -0.2) is 9.78 Å². The van der Waals surface area contributed by atoms with Gasteiger partial charge in [-0.05, 0) is 55.8 Å². The van der Waals surface area contributed by atoms with Gasteiger partial charge in [0.2, 0.25) is 0 Å². The second-order valence-corrected chi connectivity index (χ2v) is 11.2. The molecule has 11 heteroatoms. The van der Waals surface area contributed by atoms with E-state index >= 15 is 0 Å². The molecular formula is C31H33N7O3S. The Labute approximate surface area is 247 Å². The average Bonchev–Trinajstić information content (AvgIpc) is 3.75. The second kappa shape index (κ2) is 11.7. The lowest BCUT2D eigenvalue weighted by atomic mass is 10.0. The van der Waals surface area contributed by atoms with Crippen LogP contribution in [-0.2, 0) is 7.05 Å². The zero-order valence-corrected chi connectivity index (χ0v) is 24.4. The summed E-state index contributed by atoms with van der Waals surface area (Å²) in [6.45, 7) is 3.60. The molecule has 5 N–H and O–H groups in total. The molecule has 3 aromatic heterocycles. The van der Waals surface area contributed by atoms with Gasteiger partial charge < -0.3 is 35.9 Å². The fourth-order valence-corrected chi connectivity index (χ4v) is 6.58. The number of nitrogens with one attached hydrogen (secondary N) is 3. The van der Waals surface area contributed by atoms with Crippen molar-refractivity contribution in [2.75, 3.05) is 49.7 Å². The SMILES string of the molecule is COc1cc(-c2csc3c(NC(=O)NCCN4CCCC4)cnc(N)c23)ccc1NC(=O)c1cc2ccccc2n1C. The molecule has 6 rings (SSSR count). The summed E-state index contributed by atoms with van der Waals surface area (Å²) in [6, 6.07) is 15.1. The number of hydrogen-bond acceptors (Lipinski definition) is 7. The minimum Gasteiger partial charge on any atom is -0.495 e. The smallest absolute Gasteiger partial charge is 0.319 e. The van der Waals surface area contributed by atoms with E-state index in [9.17, 15) is 9.59 Å². The van der Waals surface area contributed by atoms with Crippen LogP contribution in [0.1, 0.15) is 23.3 Å². The van der Waals surface area contributed by atoms with Crippen molar-refractivity contribution in [1.82, 2.24) is 19.8 Å². The Balaban J connectivity index is 1.22. The van der Waals surface area contributed by atoms with Gasteiger partial charge in [0.15, 0.2) is 0 Å². The van der Waals surface area contributed by atoms with Crippen LogP contribution >= 0.6 is 11.3 Å². The lowest BCUT2D eigenvalue weighted by molar-refractivity contribution is 0.101. The zero-order valence-electron chi connectivity index (χ0n) is 23.6. The van der Waals surface area contributed by atoms with Gasteiger partial charge in [-0.3, -0.25) is 4.79 Å². The standard InChI is InChI=1S/C31H33N7O3S/c1-37-24-8-4-3-7-20(24)15-25(37)30(39)35-22-10-9-19(16-26(22)41-2)21-18-42-28-23(17-34-29(32)27(21)28)36-31(40)33-11-14-38-12-5-6-13-38/h3-4,7-10,15-18H,5-6,11-14H2,1-2H3,(H2,32,34)(H,35,39)(H2,33,36,40). The first-order valence-electron chi connectivity index (χ1n) is 13.9. The molecule has 5 aromatic rings. The number of aryl methyl sites for hydroxylation is 1. The summed E-state index contributed by atoms with van der Waals surface area (Å²) in [6.07, 6.45) is 4.02. The van der Waals surface area contributed by atoms with E-state index in [1.807, 2.05) is 65.5 Å². The summed E-state index contributed by atoms with van der Waals surface area (Å²) in [5.41, 5.74) is 10.7. The molecule has 0 bridgehead atoms. The van der Waals surface area contributed by atoms with Gasteiger partial charge in [-0.1, -0.05) is 24.3 Å². The van der Waals surface area contributed by atoms with Crippen LogP contribution in [0.2, 0.25) is 0 Å². The van der Waals surface area contributed by atoms with Crippen LogP contribution < -0.4 is 26.4 Å². The molecule has 1 aliphatic heterocycles. The van der Waals surface area contributed by atoms with E-state index in [0.29, 0.717) is 35.2 Å². The third-order valence-electron chi connectivity index (χ3n) is 7.73. The van der Waals surface area contributed by atoms with Gasteiger partial charge in [-0.2, -0.15) is 0 Å². The van der Waals surface area contributed by atoms with Crippen LogP contribution in [0.5, 0.6) is 5.75 Å². The fraction of sp³-hybridized carbons (Fsp3) is 0.258. The molecule has 4 heterocycles. The minimum absolute atomic E-state index is 0.233. The molecule has 3 amide bonds. The molecule has 0 spiro atoms. The zero-order chi connectivity index (χ0) is 29.2. The number of pyridine rings is 1. The number of amides is 3. The molecule has 216 valence electrons. The van der Waals surface area contributed by atoms with Crippen LogP contribution in [0.15, 0.2) is 60.1 Å². The molecule has 1 aliphatic rings. The van der Waals surface area contributed by atoms with Gasteiger partial charge in [0.1, 0.15) is 17.3 Å². The Morgan fingerprint density at radius 3 is 2.67 bits per heavy atom. The van der Waals surface area contributed by atoms with E-state index in [4.69, 9.17) is 10.5 Å². The van der Waals surface area contributed by atoms with Crippen molar-refractivity contribution < 1.29 is 14.3 Å². The van der Waals surface area contributed by atoms with Crippen molar-refractivity contribution in [2.45, 2.75) is 12.8 Å². The first kappa shape index (κ1) is 27.6. The van der Waals surface area contributed by atoms with E-state index in [1.165, 1.54) is 24.2 Å². The fourth-order valence-electron chi connectivity index (χ4n) is 5.52. The van der Waals surface area contributed by atoms with Gasteiger partial charge in [0.05, 0.1) is 29.4 Å². The Hall–Kier alpha value is -4.61. The normalized spacial score (nSPS) is 13.5. The molecule has 42 heavy (non-hydrogen) atoms. The van der Waals surface area contributed by atoms with E-state index in [0.717, 1.165) is 51.8 Å². The van der Waals surface area contributed by atoms with Crippen LogP contribution in [0.3, 0.4) is 0 Å². The number of ether oxygens (including phenoxy) is 1. The number of benzene rings is 2. The number of carbonyl (C=O) groups excluding carboxylic acids is 2. The van der Waals surface area contributed by atoms with Crippen molar-refractivity contribution in [1.29, 1.82) is 0 Å². The molecule has 0 unspecified atom stereocenters. The number of nitrogen functional groups attached to an aromatic ring is 1. The molecule has 0 aliphatic carbocycles. The van der Waals surface area contributed by atoms with E-state index in [1.54, 1.807) is 13.3 Å². The van der Waals surface area contributed by atoms with Gasteiger partial charge in [0, 0.05) is 47.4 Å². The number of para-hydroxylation sites is 1. The highest BCUT2D eigenvalue weighted by atomic mass is 32.1. The molecule has 0 radical (unpaired) electrons. The summed E-state index contributed by atoms with van der Waals surface area (Å²) < 4.78 is 8.38. The predicted octanol–water partition coefficient (Wildman–Crippen LogP) is 5.52. The van der Waals surface area contributed by atoms with Crippen LogP contribution in [-0.4, -0.2) is 59.7 Å². The topological polar surface area (TPSA) is 127 Å². The first-order chi connectivity index (χ1) is 20.4. The lowest BCUT2D eigenvalue weighted by Gasteiger charge is -2.15. The number of methoxy groups -OCH3 is 1. The van der Waals surface area contributed by atoms with E-state index in [-0.39, 0.29) is 11.9 Å². The van der Waals surface area contributed by atoms with E-state index in [2.05, 4.69) is 25.8 Å². The molecular weight excluding hydrogens is 550 g/mol. The first-order valence-corrected chi connectivity index (χ1v) is 14.8. The number of urea groups is 1. The number of aromatic nitrogens is 2. The average molecular weight is 584 g/mol. The van der Waals surface area contributed by atoms with E-state index < -0.39 is 0 Å². The van der Waals surface area contributed by atoms with Gasteiger partial charge in [0.25, 0.3) is 5.91 Å². The summed E-state index contributed by atoms with van der Waals surface area (Å²) in [5, 5.41) is 12.6. The lowest BCUT2D eigenvalue weighted by Crippen LogP contribution is -2.36. The molecule has 0 atom stereocenters. The highest BCUT2D eigenvalue weighted by Gasteiger charge is 2.19. The number of anilines is 3. The Bertz CT molecular complexity index is 1790. The Morgan fingerprint density at radius 1 is 1.07 bits per heavy atom. The number of nitrogens with two attached hydrogens (primary N) is 1. The van der Waals surface area contributed by atoms with Crippen LogP contribution in [0, 0.1) is 0 Å². The highest BCUT2D eigenvalue weighted by molar-refractivity contribution is 7.18. The van der Waals surface area contributed by atoms with Crippen LogP contribution in [0.25, 0.3) is 32.1 Å². The summed E-state index contributed by atoms with van der Waals surface area (Å²) >= 11 is 1.48. The second-order valence-electron chi connectivity index (χ2n) is 10.4. The number of fused-ring (bicyclic) bond motifs is 2. The maximum atomic E-state index is 13.2. The van der Waals surface area contributed by atoms with Crippen molar-refractivity contribution >= 4 is 61.5 Å². The Morgan fingerprint density at radius 2 is 1.88 bits per heavy atom. The predicted molar refractivity (Wildman–Crippen MR) is 170 cm³/mol. The molecule has 1 saturated heterocycles. The minimum atomic E-state index is -0.273. The number of carbonyl (C=O) groups is 2. The van der Waals surface area contributed by atoms with Crippen molar-refractivity contribution in [3.63, 3.8) is 0 Å². The van der Waals surface area contributed by atoms with Crippen LogP contribution in [0.4, 0.5) is 22.0 Å². The maximum absolute atomic E-state index is 13.2. The Kier molecular flexibility index (Phi) is 7.68. The molecule has 0 saturated carbocycles. The number of thiophene rings is 1. The van der Waals surface area contributed by atoms with Crippen molar-refractivity contribution in [3.05, 3.63) is 65.8 Å². The number of nitrogens with zero attached hydrogens (tertiary/aromatic N) is 3. The van der Waals surface area contributed by atoms with Gasteiger partial charge >= 0.3 is 6.03 Å². The molecule has 10 nitrogen and oxygen atoms in total. The molecule has 1 fully saturated rings. The molecule has 2 aromatic carbocycles. The summed E-state index contributed by atoms with van der Waals surface area (Å²) in [5.74, 6) is 0.647. The number of hydrogen-bond donors (Lipinski definition) is 4. The van der Waals surface area contributed by atoms with Crippen molar-refractivity contribution in [2.24, 2.45) is 7.05 Å².